The third kappa shape index (κ3) is 3.41. The molecule has 15 heavy (non-hydrogen) atoms. The molecule has 0 heterocycles. The lowest BCUT2D eigenvalue weighted by molar-refractivity contribution is 0.482. The van der Waals surface area contributed by atoms with E-state index in [1.807, 2.05) is 19.0 Å². The van der Waals surface area contributed by atoms with E-state index in [-0.39, 0.29) is 0 Å². The number of benzene rings is 1. The summed E-state index contributed by atoms with van der Waals surface area (Å²) in [7, 11) is -0.369. The van der Waals surface area contributed by atoms with Gasteiger partial charge in [0.05, 0.1) is 0 Å². The maximum atomic E-state index is 10.7. The van der Waals surface area contributed by atoms with Crippen LogP contribution in [0.3, 0.4) is 0 Å². The number of nitrogen functional groups attached to an aromatic ring is 1. The van der Waals surface area contributed by atoms with Gasteiger partial charge in [-0.3, -0.25) is 4.55 Å². The second-order valence-electron chi connectivity index (χ2n) is 3.50. The zero-order valence-electron chi connectivity index (χ0n) is 8.64. The summed E-state index contributed by atoms with van der Waals surface area (Å²) in [5.74, 6) is -0.458. The minimum atomic E-state index is -4.04. The largest absolute Gasteiger partial charge is 0.398 e. The molecule has 1 rings (SSSR count). The Balaban J connectivity index is 3.11. The Labute approximate surface area is 89.3 Å². The highest BCUT2D eigenvalue weighted by molar-refractivity contribution is 7.85. The minimum absolute atomic E-state index is 0.359. The Bertz CT molecular complexity index is 454. The van der Waals surface area contributed by atoms with Gasteiger partial charge < -0.3 is 10.6 Å². The van der Waals surface area contributed by atoms with Gasteiger partial charge in [0.2, 0.25) is 0 Å². The lowest BCUT2D eigenvalue weighted by Gasteiger charge is -2.14. The standard InChI is InChI=1S/C9H14N2O3S/c1-11(2)8-3-4-9(10)7(5-8)6-15(12,13)14/h3-5H,6,10H2,1-2H3,(H,12,13,14). The predicted molar refractivity (Wildman–Crippen MR) is 60.4 cm³/mol. The summed E-state index contributed by atoms with van der Waals surface area (Å²) in [5, 5.41) is 0. The Morgan fingerprint density at radius 2 is 2.00 bits per heavy atom. The number of hydrogen-bond donors (Lipinski definition) is 2. The average Bonchev–Trinajstić information content (AvgIpc) is 2.06. The van der Waals surface area contributed by atoms with Crippen molar-refractivity contribution in [3.05, 3.63) is 23.8 Å². The van der Waals surface area contributed by atoms with Gasteiger partial charge in [-0.1, -0.05) is 0 Å². The van der Waals surface area contributed by atoms with Gasteiger partial charge in [-0.05, 0) is 23.8 Å². The minimum Gasteiger partial charge on any atom is -0.398 e. The topological polar surface area (TPSA) is 83.6 Å². The van der Waals surface area contributed by atoms with Crippen molar-refractivity contribution in [1.82, 2.24) is 0 Å². The highest BCUT2D eigenvalue weighted by Gasteiger charge is 2.10. The van der Waals surface area contributed by atoms with Crippen molar-refractivity contribution < 1.29 is 13.0 Å². The van der Waals surface area contributed by atoms with E-state index in [4.69, 9.17) is 10.3 Å². The van der Waals surface area contributed by atoms with Crippen LogP contribution < -0.4 is 10.6 Å². The molecule has 0 atom stereocenters. The molecular formula is C9H14N2O3S. The first-order valence-corrected chi connectivity index (χ1v) is 5.91. The second-order valence-corrected chi connectivity index (χ2v) is 4.96. The molecule has 1 aromatic rings. The number of nitrogens with zero attached hydrogens (tertiary/aromatic N) is 1. The van der Waals surface area contributed by atoms with Crippen molar-refractivity contribution in [1.29, 1.82) is 0 Å². The van der Waals surface area contributed by atoms with Crippen molar-refractivity contribution in [3.63, 3.8) is 0 Å². The summed E-state index contributed by atoms with van der Waals surface area (Å²) in [6.45, 7) is 0. The molecule has 0 aliphatic carbocycles. The molecule has 0 aliphatic rings. The molecule has 0 saturated heterocycles. The van der Waals surface area contributed by atoms with Crippen molar-refractivity contribution in [2.75, 3.05) is 24.7 Å². The van der Waals surface area contributed by atoms with Crippen LogP contribution in [0.1, 0.15) is 5.56 Å². The van der Waals surface area contributed by atoms with Gasteiger partial charge in [-0.15, -0.1) is 0 Å². The van der Waals surface area contributed by atoms with Crippen LogP contribution in [0.2, 0.25) is 0 Å². The summed E-state index contributed by atoms with van der Waals surface area (Å²) in [5.41, 5.74) is 7.20. The fraction of sp³-hybridized carbons (Fsp3) is 0.333. The van der Waals surface area contributed by atoms with Crippen molar-refractivity contribution in [3.8, 4) is 0 Å². The van der Waals surface area contributed by atoms with Crippen molar-refractivity contribution >= 4 is 21.5 Å². The summed E-state index contributed by atoms with van der Waals surface area (Å²) in [6, 6.07) is 5.04. The third-order valence-corrected chi connectivity index (χ3v) is 2.66. The zero-order valence-corrected chi connectivity index (χ0v) is 9.45. The van der Waals surface area contributed by atoms with Crippen LogP contribution in [-0.4, -0.2) is 27.1 Å². The fourth-order valence-electron chi connectivity index (χ4n) is 1.19. The highest BCUT2D eigenvalue weighted by atomic mass is 32.2. The van der Waals surface area contributed by atoms with Gasteiger partial charge in [0.1, 0.15) is 5.75 Å². The summed E-state index contributed by atoms with van der Waals surface area (Å²) < 4.78 is 30.2. The summed E-state index contributed by atoms with van der Waals surface area (Å²) in [4.78, 5) is 1.83. The van der Waals surface area contributed by atoms with Crippen LogP contribution in [0, 0.1) is 0 Å². The van der Waals surface area contributed by atoms with E-state index >= 15 is 0 Å². The van der Waals surface area contributed by atoms with E-state index in [1.54, 1.807) is 18.2 Å². The molecule has 0 amide bonds. The van der Waals surface area contributed by atoms with Crippen molar-refractivity contribution in [2.24, 2.45) is 0 Å². The van der Waals surface area contributed by atoms with E-state index in [0.717, 1.165) is 5.69 Å². The molecule has 0 aromatic heterocycles. The van der Waals surface area contributed by atoms with Gasteiger partial charge in [-0.2, -0.15) is 8.42 Å². The molecule has 1 aromatic carbocycles. The van der Waals surface area contributed by atoms with Gasteiger partial charge in [0.15, 0.2) is 0 Å². The maximum Gasteiger partial charge on any atom is 0.269 e. The second kappa shape index (κ2) is 4.08. The normalized spacial score (nSPS) is 11.4. The molecule has 0 bridgehead atoms. The molecule has 5 nitrogen and oxygen atoms in total. The van der Waals surface area contributed by atoms with Crippen molar-refractivity contribution in [2.45, 2.75) is 5.75 Å². The molecule has 0 spiro atoms. The van der Waals surface area contributed by atoms with E-state index in [9.17, 15) is 8.42 Å². The molecule has 0 unspecified atom stereocenters. The first-order chi connectivity index (χ1) is 6.79. The molecule has 0 saturated carbocycles. The number of rotatable bonds is 3. The summed E-state index contributed by atoms with van der Waals surface area (Å²) >= 11 is 0. The Morgan fingerprint density at radius 3 is 2.47 bits per heavy atom. The van der Waals surface area contributed by atoms with E-state index in [2.05, 4.69) is 0 Å². The average molecular weight is 230 g/mol. The molecule has 0 radical (unpaired) electrons. The van der Waals surface area contributed by atoms with Crippen LogP contribution >= 0.6 is 0 Å². The molecular weight excluding hydrogens is 216 g/mol. The fourth-order valence-corrected chi connectivity index (χ4v) is 1.83. The smallest absolute Gasteiger partial charge is 0.269 e. The number of hydrogen-bond acceptors (Lipinski definition) is 4. The van der Waals surface area contributed by atoms with E-state index < -0.39 is 15.9 Å². The van der Waals surface area contributed by atoms with Crippen LogP contribution in [0.5, 0.6) is 0 Å². The first kappa shape index (κ1) is 11.8. The van der Waals surface area contributed by atoms with E-state index in [1.165, 1.54) is 0 Å². The Kier molecular flexibility index (Phi) is 3.21. The van der Waals surface area contributed by atoms with Crippen LogP contribution in [-0.2, 0) is 15.9 Å². The predicted octanol–water partition coefficient (Wildman–Crippen LogP) is 0.723. The van der Waals surface area contributed by atoms with Gasteiger partial charge in [0.25, 0.3) is 10.1 Å². The quantitative estimate of drug-likeness (QED) is 0.590. The summed E-state index contributed by atoms with van der Waals surface area (Å²) in [6.07, 6.45) is 0. The van der Waals surface area contributed by atoms with Gasteiger partial charge >= 0.3 is 0 Å². The van der Waals surface area contributed by atoms with Crippen LogP contribution in [0.4, 0.5) is 11.4 Å². The Hall–Kier alpha value is -1.27. The van der Waals surface area contributed by atoms with Crippen LogP contribution in [0.15, 0.2) is 18.2 Å². The molecule has 84 valence electrons. The SMILES string of the molecule is CN(C)c1ccc(N)c(CS(=O)(=O)O)c1. The van der Waals surface area contributed by atoms with Crippen LogP contribution in [0.25, 0.3) is 0 Å². The number of anilines is 2. The number of nitrogens with two attached hydrogens (primary N) is 1. The Morgan fingerprint density at radius 1 is 1.40 bits per heavy atom. The monoisotopic (exact) mass is 230 g/mol. The molecule has 6 heteroatoms. The molecule has 3 N–H and O–H groups in total. The lowest BCUT2D eigenvalue weighted by atomic mass is 10.2. The molecule has 0 aliphatic heterocycles. The maximum absolute atomic E-state index is 10.7. The van der Waals surface area contributed by atoms with Gasteiger partial charge in [-0.25, -0.2) is 0 Å². The lowest BCUT2D eigenvalue weighted by Crippen LogP contribution is -2.11. The molecule has 0 fully saturated rings. The van der Waals surface area contributed by atoms with Gasteiger partial charge in [0, 0.05) is 25.5 Å². The highest BCUT2D eigenvalue weighted by Crippen LogP contribution is 2.21. The first-order valence-electron chi connectivity index (χ1n) is 4.30. The third-order valence-electron chi connectivity index (χ3n) is 1.98. The van der Waals surface area contributed by atoms with E-state index in [0.29, 0.717) is 11.3 Å². The zero-order chi connectivity index (χ0) is 11.6.